The number of hydrogen-bond donors (Lipinski definition) is 1. The van der Waals surface area contributed by atoms with Gasteiger partial charge in [-0.15, -0.1) is 0 Å². The highest BCUT2D eigenvalue weighted by molar-refractivity contribution is 7.07. The van der Waals surface area contributed by atoms with Crippen molar-refractivity contribution in [2.75, 3.05) is 6.61 Å². The van der Waals surface area contributed by atoms with Crippen LogP contribution in [-0.4, -0.2) is 17.7 Å². The van der Waals surface area contributed by atoms with Gasteiger partial charge in [0.1, 0.15) is 6.61 Å². The van der Waals surface area contributed by atoms with Crippen molar-refractivity contribution in [2.24, 2.45) is 0 Å². The quantitative estimate of drug-likeness (QED) is 0.790. The Bertz CT molecular complexity index is 617. The molecule has 0 bridgehead atoms. The summed E-state index contributed by atoms with van der Waals surface area (Å²) in [4.78, 5) is 10.7. The third-order valence-corrected chi connectivity index (χ3v) is 3.41. The zero-order chi connectivity index (χ0) is 15.1. The Labute approximate surface area is 127 Å². The summed E-state index contributed by atoms with van der Waals surface area (Å²) in [5.41, 5.74) is 1.75. The number of aliphatic carboxylic acids is 1. The summed E-state index contributed by atoms with van der Waals surface area (Å²) >= 11 is 1.60. The Morgan fingerprint density at radius 2 is 2.19 bits per heavy atom. The molecule has 0 spiro atoms. The molecule has 1 heterocycles. The maximum Gasteiger partial charge on any atom is 0.328 e. The van der Waals surface area contributed by atoms with E-state index in [2.05, 4.69) is 0 Å². The van der Waals surface area contributed by atoms with E-state index in [-0.39, 0.29) is 0 Å². The fourth-order valence-corrected chi connectivity index (χ4v) is 2.43. The molecule has 2 aromatic rings. The van der Waals surface area contributed by atoms with Crippen LogP contribution in [0.3, 0.4) is 0 Å². The molecule has 1 N–H and O–H groups in total. The van der Waals surface area contributed by atoms with Crippen LogP contribution < -0.4 is 9.47 Å². The van der Waals surface area contributed by atoms with E-state index in [4.69, 9.17) is 14.6 Å². The smallest absolute Gasteiger partial charge is 0.328 e. The number of benzene rings is 1. The van der Waals surface area contributed by atoms with Crippen molar-refractivity contribution < 1.29 is 19.4 Å². The predicted molar refractivity (Wildman–Crippen MR) is 82.9 cm³/mol. The largest absolute Gasteiger partial charge is 0.490 e. The molecule has 1 aromatic carbocycles. The summed E-state index contributed by atoms with van der Waals surface area (Å²) in [6.45, 7) is 2.82. The van der Waals surface area contributed by atoms with Gasteiger partial charge in [-0.25, -0.2) is 4.79 Å². The second kappa shape index (κ2) is 7.50. The highest BCUT2D eigenvalue weighted by Gasteiger charge is 2.10. The predicted octanol–water partition coefficient (Wildman–Crippen LogP) is 3.82. The molecule has 0 saturated heterocycles. The van der Waals surface area contributed by atoms with Crippen LogP contribution in [0.1, 0.15) is 18.1 Å². The van der Waals surface area contributed by atoms with Crippen molar-refractivity contribution in [3.05, 3.63) is 52.2 Å². The molecule has 2 rings (SSSR count). The summed E-state index contributed by atoms with van der Waals surface area (Å²) in [7, 11) is 0. The number of carboxylic acids is 1. The van der Waals surface area contributed by atoms with Crippen molar-refractivity contribution in [1.82, 2.24) is 0 Å². The minimum Gasteiger partial charge on any atom is -0.490 e. The number of thiophene rings is 1. The highest BCUT2D eigenvalue weighted by atomic mass is 32.1. The average molecular weight is 304 g/mol. The molecule has 0 unspecified atom stereocenters. The van der Waals surface area contributed by atoms with Crippen LogP contribution in [0.5, 0.6) is 11.5 Å². The van der Waals surface area contributed by atoms with Gasteiger partial charge in [-0.1, -0.05) is 12.1 Å². The van der Waals surface area contributed by atoms with E-state index >= 15 is 0 Å². The standard InChI is InChI=1S/C16H16O4S/c1-2-19-14-5-3-4-13(6-7-15(17)18)16(14)20-10-12-8-9-21-11-12/h3-9,11H,2,10H2,1H3,(H,17,18)/b7-6+. The first-order valence-corrected chi connectivity index (χ1v) is 7.45. The molecule has 5 heteroatoms. The van der Waals surface area contributed by atoms with E-state index in [9.17, 15) is 4.79 Å². The Balaban J connectivity index is 2.26. The van der Waals surface area contributed by atoms with Gasteiger partial charge in [0, 0.05) is 11.6 Å². The lowest BCUT2D eigenvalue weighted by Crippen LogP contribution is -2.00. The van der Waals surface area contributed by atoms with Crippen molar-refractivity contribution >= 4 is 23.4 Å². The molecule has 1 aromatic heterocycles. The lowest BCUT2D eigenvalue weighted by atomic mass is 10.1. The van der Waals surface area contributed by atoms with Gasteiger partial charge in [-0.3, -0.25) is 0 Å². The minimum atomic E-state index is -0.999. The first-order valence-electron chi connectivity index (χ1n) is 6.51. The van der Waals surface area contributed by atoms with Crippen LogP contribution in [0.25, 0.3) is 6.08 Å². The molecule has 0 aliphatic rings. The van der Waals surface area contributed by atoms with Crippen molar-refractivity contribution in [3.63, 3.8) is 0 Å². The van der Waals surface area contributed by atoms with Crippen LogP contribution in [0.2, 0.25) is 0 Å². The maximum atomic E-state index is 10.7. The van der Waals surface area contributed by atoms with Gasteiger partial charge in [0.25, 0.3) is 0 Å². The lowest BCUT2D eigenvalue weighted by Gasteiger charge is -2.14. The highest BCUT2D eigenvalue weighted by Crippen LogP contribution is 2.33. The summed E-state index contributed by atoms with van der Waals surface area (Å²) in [5, 5.41) is 12.8. The number of hydrogen-bond acceptors (Lipinski definition) is 4. The van der Waals surface area contributed by atoms with Gasteiger partial charge in [-0.2, -0.15) is 11.3 Å². The topological polar surface area (TPSA) is 55.8 Å². The van der Waals surface area contributed by atoms with Gasteiger partial charge in [-0.05, 0) is 41.5 Å². The molecule has 4 nitrogen and oxygen atoms in total. The van der Waals surface area contributed by atoms with Crippen LogP contribution in [0.4, 0.5) is 0 Å². The third-order valence-electron chi connectivity index (χ3n) is 2.68. The molecular formula is C16H16O4S. The first-order chi connectivity index (χ1) is 10.2. The molecular weight excluding hydrogens is 288 g/mol. The second-order valence-corrected chi connectivity index (χ2v) is 4.98. The number of para-hydroxylation sites is 1. The van der Waals surface area contributed by atoms with Crippen molar-refractivity contribution in [3.8, 4) is 11.5 Å². The second-order valence-electron chi connectivity index (χ2n) is 4.20. The van der Waals surface area contributed by atoms with Crippen LogP contribution in [0, 0.1) is 0 Å². The average Bonchev–Trinajstić information content (AvgIpc) is 2.97. The number of rotatable bonds is 7. The molecule has 110 valence electrons. The van der Waals surface area contributed by atoms with Gasteiger partial charge in [0.2, 0.25) is 0 Å². The Kier molecular flexibility index (Phi) is 5.40. The van der Waals surface area contributed by atoms with Gasteiger partial charge in [0.05, 0.1) is 6.61 Å². The fourth-order valence-electron chi connectivity index (χ4n) is 1.78. The normalized spacial score (nSPS) is 10.7. The van der Waals surface area contributed by atoms with E-state index < -0.39 is 5.97 Å². The number of carbonyl (C=O) groups is 1. The zero-order valence-electron chi connectivity index (χ0n) is 11.6. The molecule has 0 aliphatic carbocycles. The summed E-state index contributed by atoms with van der Waals surface area (Å²) in [6.07, 6.45) is 2.59. The monoisotopic (exact) mass is 304 g/mol. The summed E-state index contributed by atoms with van der Waals surface area (Å²) in [5.74, 6) is 0.170. The molecule has 21 heavy (non-hydrogen) atoms. The van der Waals surface area contributed by atoms with Crippen LogP contribution in [-0.2, 0) is 11.4 Å². The van der Waals surface area contributed by atoms with Gasteiger partial charge in [0.15, 0.2) is 11.5 Å². The first kappa shape index (κ1) is 15.1. The molecule has 0 saturated carbocycles. The number of carboxylic acid groups (broad SMARTS) is 1. The number of ether oxygens (including phenoxy) is 2. The zero-order valence-corrected chi connectivity index (χ0v) is 12.4. The van der Waals surface area contributed by atoms with Gasteiger partial charge >= 0.3 is 5.97 Å². The maximum absolute atomic E-state index is 10.7. The van der Waals surface area contributed by atoms with E-state index in [1.807, 2.05) is 35.9 Å². The van der Waals surface area contributed by atoms with E-state index in [1.54, 1.807) is 17.4 Å². The Morgan fingerprint density at radius 3 is 2.86 bits per heavy atom. The molecule has 0 radical (unpaired) electrons. The summed E-state index contributed by atoms with van der Waals surface area (Å²) in [6, 6.07) is 7.40. The third kappa shape index (κ3) is 4.36. The van der Waals surface area contributed by atoms with Gasteiger partial charge < -0.3 is 14.6 Å². The van der Waals surface area contributed by atoms with E-state index in [1.165, 1.54) is 6.08 Å². The van der Waals surface area contributed by atoms with Crippen molar-refractivity contribution in [2.45, 2.75) is 13.5 Å². The van der Waals surface area contributed by atoms with E-state index in [0.29, 0.717) is 30.3 Å². The Morgan fingerprint density at radius 1 is 1.33 bits per heavy atom. The van der Waals surface area contributed by atoms with E-state index in [0.717, 1.165) is 11.6 Å². The fraction of sp³-hybridized carbons (Fsp3) is 0.188. The molecule has 0 atom stereocenters. The van der Waals surface area contributed by atoms with Crippen molar-refractivity contribution in [1.29, 1.82) is 0 Å². The Hall–Kier alpha value is -2.27. The van der Waals surface area contributed by atoms with Crippen LogP contribution in [0.15, 0.2) is 41.1 Å². The lowest BCUT2D eigenvalue weighted by molar-refractivity contribution is -0.131. The van der Waals surface area contributed by atoms with Crippen LogP contribution >= 0.6 is 11.3 Å². The summed E-state index contributed by atoms with van der Waals surface area (Å²) < 4.78 is 11.4. The molecule has 0 fully saturated rings. The minimum absolute atomic E-state index is 0.418. The molecule has 0 aliphatic heterocycles. The SMILES string of the molecule is CCOc1cccc(/C=C/C(=O)O)c1OCc1ccsc1. The molecule has 0 amide bonds.